The number of rotatable bonds is 6. The van der Waals surface area contributed by atoms with Gasteiger partial charge in [-0.25, -0.2) is 0 Å². The van der Waals surface area contributed by atoms with Crippen molar-refractivity contribution in [1.29, 1.82) is 0 Å². The molecule has 0 aliphatic heterocycles. The van der Waals surface area contributed by atoms with Gasteiger partial charge in [-0.1, -0.05) is 25.3 Å². The predicted molar refractivity (Wildman–Crippen MR) is 69.0 cm³/mol. The Kier molecular flexibility index (Phi) is 4.65. The van der Waals surface area contributed by atoms with Gasteiger partial charge in [-0.2, -0.15) is 0 Å². The Balaban J connectivity index is 3.30. The van der Waals surface area contributed by atoms with Crippen LogP contribution >= 0.6 is 0 Å². The highest BCUT2D eigenvalue weighted by Crippen LogP contribution is 2.34. The van der Waals surface area contributed by atoms with E-state index in [1.165, 1.54) is 0 Å². The van der Waals surface area contributed by atoms with E-state index in [-0.39, 0.29) is 0 Å². The average molecular weight is 218 g/mol. The second-order valence-electron chi connectivity index (χ2n) is 3.17. The summed E-state index contributed by atoms with van der Waals surface area (Å²) in [4.78, 5) is 0. The van der Waals surface area contributed by atoms with E-state index in [2.05, 4.69) is 13.2 Å². The highest BCUT2D eigenvalue weighted by atomic mass is 16.5. The highest BCUT2D eigenvalue weighted by molar-refractivity contribution is 5.71. The minimum absolute atomic E-state index is 0.608. The molecule has 0 bridgehead atoms. The first-order valence-corrected chi connectivity index (χ1v) is 5.45. The molecule has 0 saturated carbocycles. The number of ether oxygens (including phenoxy) is 2. The van der Waals surface area contributed by atoms with Crippen LogP contribution < -0.4 is 9.47 Å². The molecule has 0 fully saturated rings. The molecule has 0 saturated heterocycles. The Hall–Kier alpha value is -1.70. The van der Waals surface area contributed by atoms with E-state index >= 15 is 0 Å². The van der Waals surface area contributed by atoms with Crippen LogP contribution in [0.4, 0.5) is 0 Å². The lowest BCUT2D eigenvalue weighted by atomic mass is 10.1. The third-order valence-electron chi connectivity index (χ3n) is 2.20. The normalized spacial score (nSPS) is 9.62. The minimum atomic E-state index is 0.608. The molecular formula is C14H18O2. The lowest BCUT2D eigenvalue weighted by Crippen LogP contribution is -2.00. The molecule has 0 atom stereocenters. The van der Waals surface area contributed by atoms with Gasteiger partial charge in [-0.05, 0) is 26.0 Å². The van der Waals surface area contributed by atoms with E-state index in [0.717, 1.165) is 22.6 Å². The monoisotopic (exact) mass is 218 g/mol. The van der Waals surface area contributed by atoms with E-state index in [4.69, 9.17) is 9.47 Å². The van der Waals surface area contributed by atoms with Crippen LogP contribution in [-0.2, 0) is 0 Å². The number of hydrogen-bond donors (Lipinski definition) is 0. The van der Waals surface area contributed by atoms with E-state index < -0.39 is 0 Å². The molecule has 0 N–H and O–H groups in total. The highest BCUT2D eigenvalue weighted by Gasteiger charge is 2.11. The summed E-state index contributed by atoms with van der Waals surface area (Å²) in [5.74, 6) is 1.59. The van der Waals surface area contributed by atoms with Crippen LogP contribution in [-0.4, -0.2) is 13.2 Å². The van der Waals surface area contributed by atoms with Gasteiger partial charge in [0.1, 0.15) is 11.5 Å². The zero-order valence-corrected chi connectivity index (χ0v) is 9.95. The topological polar surface area (TPSA) is 18.5 Å². The molecule has 0 radical (unpaired) electrons. The summed E-state index contributed by atoms with van der Waals surface area (Å²) in [5, 5.41) is 0. The zero-order chi connectivity index (χ0) is 12.0. The SMILES string of the molecule is C=Cc1ccc(OCC)c(C=C)c1OCC. The molecule has 0 unspecified atom stereocenters. The fourth-order valence-electron chi connectivity index (χ4n) is 1.54. The minimum Gasteiger partial charge on any atom is -0.493 e. The fraction of sp³-hybridized carbons (Fsp3) is 0.286. The van der Waals surface area contributed by atoms with Crippen molar-refractivity contribution in [3.05, 3.63) is 36.4 Å². The van der Waals surface area contributed by atoms with Crippen molar-refractivity contribution in [3.8, 4) is 11.5 Å². The summed E-state index contributed by atoms with van der Waals surface area (Å²) in [6.45, 7) is 12.7. The van der Waals surface area contributed by atoms with Crippen LogP contribution in [0.2, 0.25) is 0 Å². The third-order valence-corrected chi connectivity index (χ3v) is 2.20. The third kappa shape index (κ3) is 2.45. The van der Waals surface area contributed by atoms with Gasteiger partial charge in [-0.15, -0.1) is 0 Å². The molecular weight excluding hydrogens is 200 g/mol. The largest absolute Gasteiger partial charge is 0.493 e. The second kappa shape index (κ2) is 6.01. The van der Waals surface area contributed by atoms with Crippen LogP contribution in [0.1, 0.15) is 25.0 Å². The van der Waals surface area contributed by atoms with Gasteiger partial charge in [0.15, 0.2) is 0 Å². The van der Waals surface area contributed by atoms with Crippen LogP contribution in [0.15, 0.2) is 25.3 Å². The first-order valence-electron chi connectivity index (χ1n) is 5.45. The van der Waals surface area contributed by atoms with E-state index in [0.29, 0.717) is 13.2 Å². The van der Waals surface area contributed by atoms with Crippen molar-refractivity contribution >= 4 is 12.2 Å². The van der Waals surface area contributed by atoms with Gasteiger partial charge in [0.25, 0.3) is 0 Å². The number of benzene rings is 1. The summed E-state index contributed by atoms with van der Waals surface area (Å²) in [5.41, 5.74) is 1.85. The van der Waals surface area contributed by atoms with Crippen molar-refractivity contribution in [3.63, 3.8) is 0 Å². The molecule has 0 amide bonds. The van der Waals surface area contributed by atoms with Crippen molar-refractivity contribution < 1.29 is 9.47 Å². The summed E-state index contributed by atoms with van der Waals surface area (Å²) in [6, 6.07) is 3.86. The van der Waals surface area contributed by atoms with E-state index in [1.54, 1.807) is 12.2 Å². The molecule has 0 aromatic heterocycles. The fourth-order valence-corrected chi connectivity index (χ4v) is 1.54. The van der Waals surface area contributed by atoms with Gasteiger partial charge in [0.05, 0.1) is 18.8 Å². The lowest BCUT2D eigenvalue weighted by Gasteiger charge is -2.15. The van der Waals surface area contributed by atoms with Crippen LogP contribution in [0.5, 0.6) is 11.5 Å². The summed E-state index contributed by atoms with van der Waals surface area (Å²) in [6.07, 6.45) is 3.52. The van der Waals surface area contributed by atoms with E-state index in [1.807, 2.05) is 26.0 Å². The molecule has 86 valence electrons. The van der Waals surface area contributed by atoms with Gasteiger partial charge in [-0.3, -0.25) is 0 Å². The van der Waals surface area contributed by atoms with Gasteiger partial charge in [0, 0.05) is 5.56 Å². The quantitative estimate of drug-likeness (QED) is 0.723. The molecule has 16 heavy (non-hydrogen) atoms. The molecule has 0 heterocycles. The van der Waals surface area contributed by atoms with Crippen LogP contribution in [0.3, 0.4) is 0 Å². The Morgan fingerprint density at radius 3 is 2.25 bits per heavy atom. The average Bonchev–Trinajstić information content (AvgIpc) is 2.30. The van der Waals surface area contributed by atoms with Crippen molar-refractivity contribution in [2.45, 2.75) is 13.8 Å². The maximum absolute atomic E-state index is 5.61. The zero-order valence-electron chi connectivity index (χ0n) is 9.95. The molecule has 0 aliphatic carbocycles. The standard InChI is InChI=1S/C14H18O2/c1-5-11-9-10-13(15-7-3)12(6-2)14(11)16-8-4/h5-6,9-10H,1-2,7-8H2,3-4H3. The first-order chi connectivity index (χ1) is 7.78. The predicted octanol–water partition coefficient (Wildman–Crippen LogP) is 3.77. The molecule has 1 rings (SSSR count). The Morgan fingerprint density at radius 1 is 1.06 bits per heavy atom. The molecule has 1 aromatic carbocycles. The van der Waals surface area contributed by atoms with Gasteiger partial charge < -0.3 is 9.47 Å². The summed E-state index contributed by atoms with van der Waals surface area (Å²) < 4.78 is 11.1. The second-order valence-corrected chi connectivity index (χ2v) is 3.17. The van der Waals surface area contributed by atoms with Gasteiger partial charge >= 0.3 is 0 Å². The molecule has 1 aromatic rings. The van der Waals surface area contributed by atoms with Crippen molar-refractivity contribution in [2.75, 3.05) is 13.2 Å². The maximum atomic E-state index is 5.61. The Morgan fingerprint density at radius 2 is 1.75 bits per heavy atom. The van der Waals surface area contributed by atoms with E-state index in [9.17, 15) is 0 Å². The van der Waals surface area contributed by atoms with Crippen molar-refractivity contribution in [2.24, 2.45) is 0 Å². The smallest absolute Gasteiger partial charge is 0.137 e. The lowest BCUT2D eigenvalue weighted by molar-refractivity contribution is 0.321. The van der Waals surface area contributed by atoms with Crippen LogP contribution in [0, 0.1) is 0 Å². The number of hydrogen-bond acceptors (Lipinski definition) is 2. The molecule has 0 spiro atoms. The Labute approximate surface area is 97.2 Å². The molecule has 2 nitrogen and oxygen atoms in total. The molecule has 0 aliphatic rings. The first kappa shape index (κ1) is 12.4. The molecule has 2 heteroatoms. The summed E-state index contributed by atoms with van der Waals surface area (Å²) >= 11 is 0. The summed E-state index contributed by atoms with van der Waals surface area (Å²) in [7, 11) is 0. The maximum Gasteiger partial charge on any atom is 0.137 e. The van der Waals surface area contributed by atoms with Crippen LogP contribution in [0.25, 0.3) is 12.2 Å². The Bertz CT molecular complexity index is 381. The van der Waals surface area contributed by atoms with Crippen molar-refractivity contribution in [1.82, 2.24) is 0 Å². The van der Waals surface area contributed by atoms with Gasteiger partial charge in [0.2, 0.25) is 0 Å².